The van der Waals surface area contributed by atoms with Crippen LogP contribution in [0.3, 0.4) is 0 Å². The van der Waals surface area contributed by atoms with Gasteiger partial charge in [-0.05, 0) is 35.2 Å². The molecular formula is C34H28N4OPt. The molecule has 0 aliphatic heterocycles. The Labute approximate surface area is 248 Å². The zero-order valence-electron chi connectivity index (χ0n) is 23.0. The molecule has 4 heterocycles. The minimum absolute atomic E-state index is 0. The van der Waals surface area contributed by atoms with Crippen molar-refractivity contribution in [2.75, 3.05) is 0 Å². The predicted octanol–water partition coefficient (Wildman–Crippen LogP) is 7.96. The molecule has 0 atom stereocenters. The summed E-state index contributed by atoms with van der Waals surface area (Å²) >= 11 is 0. The number of benzene rings is 2. The minimum atomic E-state index is -0.210. The molecule has 5 nitrogen and oxygen atoms in total. The van der Waals surface area contributed by atoms with Crippen LogP contribution >= 0.6 is 0 Å². The maximum Gasteiger partial charge on any atom is 2.00 e. The summed E-state index contributed by atoms with van der Waals surface area (Å²) in [6.45, 7) is 11.0. The van der Waals surface area contributed by atoms with Crippen molar-refractivity contribution in [3.63, 3.8) is 0 Å². The smallest absolute Gasteiger partial charge is 0.460 e. The van der Waals surface area contributed by atoms with Gasteiger partial charge in [0.25, 0.3) is 0 Å². The Balaban J connectivity index is 0.00000289. The Morgan fingerprint density at radius 1 is 0.875 bits per heavy atom. The van der Waals surface area contributed by atoms with E-state index in [1.54, 1.807) is 6.20 Å². The third-order valence-electron chi connectivity index (χ3n) is 7.71. The van der Waals surface area contributed by atoms with Crippen LogP contribution in [0.4, 0.5) is 0 Å². The van der Waals surface area contributed by atoms with E-state index in [9.17, 15) is 0 Å². The molecule has 6 aromatic rings. The standard InChI is InChI=1S/C34H28N4O.Pt/c1-33(2,3)21-18-29(38-28-13-7-6-10-23(28)25-12-9-17-36-32(25)38)37-30(19-21)39-22-14-15-27-26(20-22)24-11-8-16-35-31(24)34(27,4)5;/h6-10,12-19H,1-5H3;/q-2;+2. The van der Waals surface area contributed by atoms with Gasteiger partial charge in [-0.15, -0.1) is 24.3 Å². The van der Waals surface area contributed by atoms with Crippen LogP contribution in [0, 0.1) is 12.1 Å². The Morgan fingerprint density at radius 3 is 2.50 bits per heavy atom. The van der Waals surface area contributed by atoms with Crippen molar-refractivity contribution in [1.29, 1.82) is 0 Å². The molecule has 6 heteroatoms. The Kier molecular flexibility index (Phi) is 6.19. The van der Waals surface area contributed by atoms with Crippen LogP contribution in [0.5, 0.6) is 11.6 Å². The fourth-order valence-electron chi connectivity index (χ4n) is 5.64. The first kappa shape index (κ1) is 26.4. The quantitative estimate of drug-likeness (QED) is 0.176. The van der Waals surface area contributed by atoms with Gasteiger partial charge in [-0.3, -0.25) is 4.57 Å². The number of aromatic nitrogens is 4. The predicted molar refractivity (Wildman–Crippen MR) is 155 cm³/mol. The molecule has 1 aliphatic rings. The van der Waals surface area contributed by atoms with E-state index < -0.39 is 0 Å². The van der Waals surface area contributed by atoms with Gasteiger partial charge in [-0.2, -0.15) is 16.6 Å². The summed E-state index contributed by atoms with van der Waals surface area (Å²) in [5.41, 5.74) is 6.88. The third kappa shape index (κ3) is 4.07. The van der Waals surface area contributed by atoms with E-state index in [-0.39, 0.29) is 31.9 Å². The number of hydrogen-bond acceptors (Lipinski definition) is 4. The van der Waals surface area contributed by atoms with Crippen molar-refractivity contribution < 1.29 is 25.8 Å². The van der Waals surface area contributed by atoms with E-state index in [4.69, 9.17) is 14.7 Å². The summed E-state index contributed by atoms with van der Waals surface area (Å²) in [5.74, 6) is 1.90. The Bertz CT molecular complexity index is 1860. The molecule has 0 radical (unpaired) electrons. The number of nitrogens with zero attached hydrogens (tertiary/aromatic N) is 4. The van der Waals surface area contributed by atoms with Gasteiger partial charge in [0, 0.05) is 28.8 Å². The van der Waals surface area contributed by atoms with Crippen LogP contribution in [0.1, 0.15) is 51.4 Å². The average molecular weight is 704 g/mol. The van der Waals surface area contributed by atoms with Crippen LogP contribution in [0.25, 0.3) is 38.9 Å². The van der Waals surface area contributed by atoms with Gasteiger partial charge in [0.2, 0.25) is 5.88 Å². The molecule has 0 unspecified atom stereocenters. The van der Waals surface area contributed by atoms with E-state index in [0.29, 0.717) is 11.6 Å². The summed E-state index contributed by atoms with van der Waals surface area (Å²) in [7, 11) is 0. The molecule has 0 saturated carbocycles. The molecule has 0 fully saturated rings. The van der Waals surface area contributed by atoms with Gasteiger partial charge in [0.05, 0.1) is 5.52 Å². The van der Waals surface area contributed by atoms with Crippen LogP contribution in [-0.4, -0.2) is 19.5 Å². The fraction of sp³-hybridized carbons (Fsp3) is 0.206. The summed E-state index contributed by atoms with van der Waals surface area (Å²) in [5, 5.41) is 2.24. The van der Waals surface area contributed by atoms with Crippen LogP contribution in [0.2, 0.25) is 0 Å². The molecule has 40 heavy (non-hydrogen) atoms. The molecular weight excluding hydrogens is 675 g/mol. The van der Waals surface area contributed by atoms with E-state index in [0.717, 1.165) is 50.1 Å². The number of para-hydroxylation sites is 1. The van der Waals surface area contributed by atoms with Crippen molar-refractivity contribution in [2.45, 2.75) is 45.4 Å². The van der Waals surface area contributed by atoms with Gasteiger partial charge in [0.15, 0.2) is 0 Å². The molecule has 0 N–H and O–H groups in total. The number of pyridine rings is 3. The van der Waals surface area contributed by atoms with Gasteiger partial charge in [-0.1, -0.05) is 70.1 Å². The topological polar surface area (TPSA) is 52.8 Å². The largest absolute Gasteiger partial charge is 2.00 e. The van der Waals surface area contributed by atoms with E-state index in [2.05, 4.69) is 92.7 Å². The van der Waals surface area contributed by atoms with Gasteiger partial charge < -0.3 is 9.72 Å². The summed E-state index contributed by atoms with van der Waals surface area (Å²) < 4.78 is 8.57. The molecule has 2 aromatic carbocycles. The van der Waals surface area contributed by atoms with Crippen LogP contribution in [0.15, 0.2) is 79.1 Å². The maximum atomic E-state index is 6.45. The normalized spacial score (nSPS) is 13.6. The number of hydrogen-bond donors (Lipinski definition) is 0. The SMILES string of the molecule is CC(C)(C)c1cc(Oc2[c-]c3c(cc2)C(C)(C)c2ncc[c-]c2-3)nc(-n2c3ccccc3c3cccnc32)c1.[Pt+2]. The number of fused-ring (bicyclic) bond motifs is 6. The molecule has 0 bridgehead atoms. The number of ether oxygens (including phenoxy) is 1. The zero-order chi connectivity index (χ0) is 26.9. The molecule has 4 aromatic heterocycles. The average Bonchev–Trinajstić information content (AvgIpc) is 3.37. The van der Waals surface area contributed by atoms with Crippen molar-refractivity contribution in [2.24, 2.45) is 0 Å². The number of rotatable bonds is 3. The molecule has 200 valence electrons. The molecule has 7 rings (SSSR count). The Hall–Kier alpha value is -3.82. The van der Waals surface area contributed by atoms with E-state index >= 15 is 0 Å². The first-order valence-electron chi connectivity index (χ1n) is 13.2. The van der Waals surface area contributed by atoms with Crippen LogP contribution in [-0.2, 0) is 31.9 Å². The molecule has 0 spiro atoms. The molecule has 0 saturated heterocycles. The third-order valence-corrected chi connectivity index (χ3v) is 7.71. The summed E-state index contributed by atoms with van der Waals surface area (Å²) in [4.78, 5) is 14.4. The minimum Gasteiger partial charge on any atom is -0.460 e. The van der Waals surface area contributed by atoms with Crippen molar-refractivity contribution in [3.05, 3.63) is 108 Å². The van der Waals surface area contributed by atoms with Crippen molar-refractivity contribution in [1.82, 2.24) is 19.5 Å². The van der Waals surface area contributed by atoms with Crippen LogP contribution < -0.4 is 4.74 Å². The first-order valence-corrected chi connectivity index (χ1v) is 13.2. The monoisotopic (exact) mass is 703 g/mol. The van der Waals surface area contributed by atoms with E-state index in [1.165, 1.54) is 5.56 Å². The van der Waals surface area contributed by atoms with Gasteiger partial charge >= 0.3 is 21.1 Å². The second-order valence-corrected chi connectivity index (χ2v) is 11.7. The zero-order valence-corrected chi connectivity index (χ0v) is 25.3. The second-order valence-electron chi connectivity index (χ2n) is 11.7. The Morgan fingerprint density at radius 2 is 1.68 bits per heavy atom. The fourth-order valence-corrected chi connectivity index (χ4v) is 5.64. The second kappa shape index (κ2) is 9.38. The van der Waals surface area contributed by atoms with Crippen molar-refractivity contribution in [3.8, 4) is 28.6 Å². The molecule has 0 amide bonds. The van der Waals surface area contributed by atoms with Crippen molar-refractivity contribution >= 4 is 21.9 Å². The summed E-state index contributed by atoms with van der Waals surface area (Å²) in [6, 6.07) is 29.4. The summed E-state index contributed by atoms with van der Waals surface area (Å²) in [6.07, 6.45) is 3.63. The van der Waals surface area contributed by atoms with Gasteiger partial charge in [0.1, 0.15) is 11.5 Å². The van der Waals surface area contributed by atoms with Gasteiger partial charge in [-0.25, -0.2) is 16.1 Å². The van der Waals surface area contributed by atoms with E-state index in [1.807, 2.05) is 36.5 Å². The first-order chi connectivity index (χ1) is 18.7. The maximum absolute atomic E-state index is 6.45. The molecule has 1 aliphatic carbocycles.